The van der Waals surface area contributed by atoms with Gasteiger partial charge in [-0.05, 0) is 50.1 Å². The normalized spacial score (nSPS) is 14.4. The number of ether oxygens (including phenoxy) is 1. The van der Waals surface area contributed by atoms with Gasteiger partial charge in [0.05, 0.1) is 5.69 Å². The first kappa shape index (κ1) is 25.6. The van der Waals surface area contributed by atoms with Crippen molar-refractivity contribution in [1.29, 1.82) is 0 Å². The highest BCUT2D eigenvalue weighted by molar-refractivity contribution is 6.16. The molecule has 2 aromatic carbocycles. The highest BCUT2D eigenvalue weighted by atomic mass is 19.1. The number of carbonyl (C=O) groups excluding carboxylic acids is 3. The average Bonchev–Trinajstić information content (AvgIpc) is 3.66. The fourth-order valence-electron chi connectivity index (χ4n) is 3.53. The van der Waals surface area contributed by atoms with Crippen LogP contribution in [0.3, 0.4) is 0 Å². The highest BCUT2D eigenvalue weighted by Crippen LogP contribution is 2.49. The van der Waals surface area contributed by atoms with Crippen LogP contribution in [0.25, 0.3) is 0 Å². The Morgan fingerprint density at radius 2 is 1.76 bits per heavy atom. The van der Waals surface area contributed by atoms with E-state index < -0.39 is 58.1 Å². The number of aromatic nitrogens is 1. The Kier molecular flexibility index (Phi) is 6.86. The van der Waals surface area contributed by atoms with Crippen molar-refractivity contribution in [3.63, 3.8) is 0 Å². The predicted octanol–water partition coefficient (Wildman–Crippen LogP) is 3.54. The molecule has 1 aromatic heterocycles. The SMILES string of the molecule is CC(O)C(=O)Nc1cc(Oc2cc(F)c(N(C(=O)C3(C(N)=O)CC3)c3ccc(F)cc3)cc2F)ccn1. The van der Waals surface area contributed by atoms with Crippen molar-refractivity contribution in [2.75, 3.05) is 10.2 Å². The van der Waals surface area contributed by atoms with Crippen LogP contribution in [0, 0.1) is 22.9 Å². The predicted molar refractivity (Wildman–Crippen MR) is 125 cm³/mol. The molecule has 1 aliphatic rings. The molecule has 192 valence electrons. The summed E-state index contributed by atoms with van der Waals surface area (Å²) in [6, 6.07) is 8.39. The van der Waals surface area contributed by atoms with Gasteiger partial charge in [-0.3, -0.25) is 19.3 Å². The molecule has 1 heterocycles. The Bertz CT molecular complexity index is 1380. The van der Waals surface area contributed by atoms with E-state index in [9.17, 15) is 23.9 Å². The van der Waals surface area contributed by atoms with Crippen molar-refractivity contribution in [2.24, 2.45) is 11.1 Å². The molecule has 3 aromatic rings. The van der Waals surface area contributed by atoms with E-state index in [-0.39, 0.29) is 30.1 Å². The molecule has 3 amide bonds. The zero-order valence-corrected chi connectivity index (χ0v) is 19.4. The fraction of sp³-hybridized carbons (Fsp3) is 0.200. The number of hydrogen-bond donors (Lipinski definition) is 3. The van der Waals surface area contributed by atoms with Gasteiger partial charge in [0.25, 0.3) is 5.91 Å². The van der Waals surface area contributed by atoms with Crippen molar-refractivity contribution in [1.82, 2.24) is 4.98 Å². The van der Waals surface area contributed by atoms with E-state index in [0.29, 0.717) is 12.1 Å². The Labute approximate surface area is 208 Å². The van der Waals surface area contributed by atoms with E-state index in [0.717, 1.165) is 17.0 Å². The average molecular weight is 514 g/mol. The minimum atomic E-state index is -1.57. The first-order valence-corrected chi connectivity index (χ1v) is 11.0. The summed E-state index contributed by atoms with van der Waals surface area (Å²) in [5.41, 5.74) is 3.30. The monoisotopic (exact) mass is 514 g/mol. The number of aliphatic hydroxyl groups excluding tert-OH is 1. The van der Waals surface area contributed by atoms with Gasteiger partial charge in [0, 0.05) is 30.1 Å². The molecule has 1 saturated carbocycles. The molecule has 4 rings (SSSR count). The Hall–Kier alpha value is -4.45. The number of carbonyl (C=O) groups is 3. The van der Waals surface area contributed by atoms with Gasteiger partial charge in [0.15, 0.2) is 17.4 Å². The van der Waals surface area contributed by atoms with Crippen LogP contribution in [0.4, 0.5) is 30.4 Å². The molecule has 0 spiro atoms. The van der Waals surface area contributed by atoms with E-state index in [1.54, 1.807) is 0 Å². The zero-order chi connectivity index (χ0) is 26.9. The molecular weight excluding hydrogens is 493 g/mol. The number of primary amides is 1. The van der Waals surface area contributed by atoms with E-state index in [1.807, 2.05) is 0 Å². The van der Waals surface area contributed by atoms with Crippen molar-refractivity contribution in [3.8, 4) is 11.5 Å². The molecule has 12 heteroatoms. The number of anilines is 3. The Morgan fingerprint density at radius 3 is 2.35 bits per heavy atom. The van der Waals surface area contributed by atoms with Gasteiger partial charge < -0.3 is 20.9 Å². The summed E-state index contributed by atoms with van der Waals surface area (Å²) in [7, 11) is 0. The van der Waals surface area contributed by atoms with Crippen molar-refractivity contribution in [3.05, 3.63) is 72.2 Å². The third kappa shape index (κ3) is 5.23. The summed E-state index contributed by atoms with van der Waals surface area (Å²) < 4.78 is 49.3. The first-order chi connectivity index (χ1) is 17.5. The summed E-state index contributed by atoms with van der Waals surface area (Å²) in [6.45, 7) is 1.25. The van der Waals surface area contributed by atoms with Gasteiger partial charge in [-0.2, -0.15) is 0 Å². The molecule has 9 nitrogen and oxygen atoms in total. The molecule has 1 atom stereocenters. The first-order valence-electron chi connectivity index (χ1n) is 11.0. The van der Waals surface area contributed by atoms with Crippen LogP contribution in [0.1, 0.15) is 19.8 Å². The van der Waals surface area contributed by atoms with Gasteiger partial charge in [-0.25, -0.2) is 18.2 Å². The standard InChI is InChI=1S/C25H21F3N4O5/c1-13(33)22(34)31-21-10-16(6-9-30-21)37-20-12-17(27)19(11-18(20)28)32(15-4-2-14(26)3-5-15)24(36)25(7-8-25)23(29)35/h2-6,9-13,33H,7-8H2,1H3,(H2,29,35)(H,30,31,34). The summed E-state index contributed by atoms with van der Waals surface area (Å²) in [5, 5.41) is 11.6. The molecule has 1 fully saturated rings. The summed E-state index contributed by atoms with van der Waals surface area (Å²) in [5.74, 6) is -5.84. The second-order valence-electron chi connectivity index (χ2n) is 8.44. The third-order valence-electron chi connectivity index (χ3n) is 5.75. The number of nitrogens with zero attached hydrogens (tertiary/aromatic N) is 2. The van der Waals surface area contributed by atoms with Gasteiger partial charge >= 0.3 is 0 Å². The van der Waals surface area contributed by atoms with Crippen LogP contribution in [-0.2, 0) is 14.4 Å². The Morgan fingerprint density at radius 1 is 1.08 bits per heavy atom. The van der Waals surface area contributed by atoms with Crippen molar-refractivity contribution in [2.45, 2.75) is 25.9 Å². The van der Waals surface area contributed by atoms with Gasteiger partial charge in [0.1, 0.15) is 28.9 Å². The largest absolute Gasteiger partial charge is 0.454 e. The maximum Gasteiger partial charge on any atom is 0.254 e. The molecule has 1 unspecified atom stereocenters. The summed E-state index contributed by atoms with van der Waals surface area (Å²) >= 11 is 0. The number of rotatable bonds is 8. The van der Waals surface area contributed by atoms with Crippen LogP contribution in [0.5, 0.6) is 11.5 Å². The molecular formula is C25H21F3N4O5. The van der Waals surface area contributed by atoms with Crippen LogP contribution in [0.2, 0.25) is 0 Å². The summed E-state index contributed by atoms with van der Waals surface area (Å²) in [6.07, 6.45) is 0.213. The van der Waals surface area contributed by atoms with Crippen molar-refractivity contribution < 1.29 is 37.4 Å². The quantitative estimate of drug-likeness (QED) is 0.394. The number of amides is 3. The lowest BCUT2D eigenvalue weighted by molar-refractivity contribution is -0.133. The van der Waals surface area contributed by atoms with Gasteiger partial charge in [-0.15, -0.1) is 0 Å². The van der Waals surface area contributed by atoms with Gasteiger partial charge in [0.2, 0.25) is 11.8 Å². The van der Waals surface area contributed by atoms with E-state index in [4.69, 9.17) is 10.5 Å². The second kappa shape index (κ2) is 9.90. The lowest BCUT2D eigenvalue weighted by atomic mass is 10.0. The van der Waals surface area contributed by atoms with Crippen LogP contribution < -0.4 is 20.7 Å². The molecule has 0 aliphatic heterocycles. The van der Waals surface area contributed by atoms with Crippen LogP contribution in [-0.4, -0.2) is 33.9 Å². The molecule has 0 saturated heterocycles. The van der Waals surface area contributed by atoms with Gasteiger partial charge in [-0.1, -0.05) is 0 Å². The highest BCUT2D eigenvalue weighted by Gasteiger charge is 2.57. The minimum Gasteiger partial charge on any atom is -0.454 e. The van der Waals surface area contributed by atoms with Crippen LogP contribution >= 0.6 is 0 Å². The maximum absolute atomic E-state index is 15.3. The lowest BCUT2D eigenvalue weighted by Crippen LogP contribution is -2.41. The molecule has 4 N–H and O–H groups in total. The molecule has 37 heavy (non-hydrogen) atoms. The molecule has 1 aliphatic carbocycles. The number of aliphatic hydroxyl groups is 1. The van der Waals surface area contributed by atoms with Crippen molar-refractivity contribution >= 4 is 34.9 Å². The van der Waals surface area contributed by atoms with E-state index in [1.165, 1.54) is 37.4 Å². The maximum atomic E-state index is 15.3. The van der Waals surface area contributed by atoms with E-state index >= 15 is 8.78 Å². The third-order valence-corrected chi connectivity index (χ3v) is 5.75. The molecule has 0 bridgehead atoms. The fourth-order valence-corrected chi connectivity index (χ4v) is 3.53. The zero-order valence-electron chi connectivity index (χ0n) is 19.4. The number of benzene rings is 2. The lowest BCUT2D eigenvalue weighted by Gasteiger charge is -2.27. The Balaban J connectivity index is 1.68. The smallest absolute Gasteiger partial charge is 0.254 e. The number of hydrogen-bond acceptors (Lipinski definition) is 6. The van der Waals surface area contributed by atoms with Crippen LogP contribution in [0.15, 0.2) is 54.7 Å². The minimum absolute atomic E-state index is 0.00137. The number of nitrogens with two attached hydrogens (primary N) is 1. The number of pyridine rings is 1. The summed E-state index contributed by atoms with van der Waals surface area (Å²) in [4.78, 5) is 41.6. The topological polar surface area (TPSA) is 135 Å². The second-order valence-corrected chi connectivity index (χ2v) is 8.44. The number of nitrogens with one attached hydrogen (secondary N) is 1. The molecule has 0 radical (unpaired) electrons. The number of halogens is 3. The van der Waals surface area contributed by atoms with E-state index in [2.05, 4.69) is 10.3 Å².